The van der Waals surface area contributed by atoms with Crippen molar-refractivity contribution in [3.63, 3.8) is 0 Å². The Labute approximate surface area is 240 Å². The first-order valence-electron chi connectivity index (χ1n) is 12.8. The Kier molecular flexibility index (Phi) is 8.38. The molecule has 5 aromatic rings. The van der Waals surface area contributed by atoms with Crippen molar-refractivity contribution in [2.75, 3.05) is 11.6 Å². The number of hydrogen-bond donors (Lipinski definition) is 1. The van der Waals surface area contributed by atoms with Crippen molar-refractivity contribution in [2.45, 2.75) is 6.42 Å². The Morgan fingerprint density at radius 3 is 1.88 bits per heavy atom. The summed E-state index contributed by atoms with van der Waals surface area (Å²) in [6, 6.07) is 38.9. The van der Waals surface area contributed by atoms with Crippen LogP contribution in [0.1, 0.15) is 16.1 Å². The van der Waals surface area contributed by atoms with Gasteiger partial charge in [0.1, 0.15) is 13.1 Å². The second-order valence-electron chi connectivity index (χ2n) is 8.92. The molecule has 200 valence electrons. The Morgan fingerprint density at radius 2 is 1.37 bits per heavy atom. The maximum Gasteiger partial charge on any atom is 0.317 e. The molecule has 1 N–H and O–H groups in total. The lowest BCUT2D eigenvalue weighted by molar-refractivity contribution is -0.135. The van der Waals surface area contributed by atoms with Crippen LogP contribution in [0.15, 0.2) is 119 Å². The number of anilines is 3. The standard InChI is InChI=1S/C30H21N3OS.C3H3NO2/c34-19-25-15-18-28(35-25)27-17-16-26(29-30(27)32-20-31-29)21-11-13-24(14-12-21)33(22-7-3-1-4-8-22)23-9-5-2-6-10-23;4-2-1-3(5)6/h1-19H,20H2;1H2,(H,5,6). The summed E-state index contributed by atoms with van der Waals surface area (Å²) in [5.74, 6) is -1.07. The molecule has 0 amide bonds. The molecule has 1 aromatic heterocycles. The van der Waals surface area contributed by atoms with Gasteiger partial charge < -0.3 is 10.0 Å². The molecule has 7 nitrogen and oxygen atoms in total. The van der Waals surface area contributed by atoms with Crippen LogP contribution < -0.4 is 15.6 Å². The number of fused-ring (bicyclic) bond motifs is 1. The summed E-state index contributed by atoms with van der Waals surface area (Å²) in [6.45, 7) is 0.430. The van der Waals surface area contributed by atoms with Crippen LogP contribution in [0.4, 0.5) is 17.1 Å². The van der Waals surface area contributed by atoms with Crippen LogP contribution in [0.25, 0.3) is 21.6 Å². The number of benzene rings is 4. The SMILES string of the molecule is N#CCC(=O)O.O=Cc1ccc(-c2ccc(-c3ccc(N(c4ccccc4)c4ccccc4)cc3)c3c2=NCN=3)s1. The Balaban J connectivity index is 0.000000511. The van der Waals surface area contributed by atoms with Gasteiger partial charge in [-0.15, -0.1) is 11.3 Å². The van der Waals surface area contributed by atoms with Crippen LogP contribution in [-0.2, 0) is 4.79 Å². The molecular formula is C33H24N4O3S. The molecule has 0 fully saturated rings. The molecule has 1 aliphatic rings. The molecule has 1 aliphatic heterocycles. The fourth-order valence-corrected chi connectivity index (χ4v) is 5.38. The third-order valence-corrected chi connectivity index (χ3v) is 7.36. The van der Waals surface area contributed by atoms with Gasteiger partial charge in [0.25, 0.3) is 0 Å². The molecule has 4 aromatic carbocycles. The first-order valence-corrected chi connectivity index (χ1v) is 13.6. The normalized spacial score (nSPS) is 11.1. The summed E-state index contributed by atoms with van der Waals surface area (Å²) < 4.78 is 0. The molecule has 0 atom stereocenters. The summed E-state index contributed by atoms with van der Waals surface area (Å²) in [7, 11) is 0. The smallest absolute Gasteiger partial charge is 0.317 e. The van der Waals surface area contributed by atoms with E-state index in [1.807, 2.05) is 24.3 Å². The minimum Gasteiger partial charge on any atom is -0.480 e. The van der Waals surface area contributed by atoms with E-state index in [0.717, 1.165) is 55.6 Å². The van der Waals surface area contributed by atoms with E-state index in [1.165, 1.54) is 17.4 Å². The van der Waals surface area contributed by atoms with Gasteiger partial charge in [0.15, 0.2) is 6.29 Å². The number of carbonyl (C=O) groups is 2. The number of thiophene rings is 1. The van der Waals surface area contributed by atoms with Crippen LogP contribution in [0, 0.1) is 11.3 Å². The van der Waals surface area contributed by atoms with Crippen LogP contribution >= 0.6 is 11.3 Å². The molecular weight excluding hydrogens is 532 g/mol. The Hall–Kier alpha value is -5.39. The number of nitriles is 1. The topological polar surface area (TPSA) is 106 Å². The highest BCUT2D eigenvalue weighted by atomic mass is 32.1. The molecule has 2 heterocycles. The lowest BCUT2D eigenvalue weighted by Gasteiger charge is -2.25. The number of aldehydes is 1. The van der Waals surface area contributed by atoms with E-state index in [1.54, 1.807) is 0 Å². The van der Waals surface area contributed by atoms with Gasteiger partial charge in [-0.2, -0.15) is 5.26 Å². The number of rotatable bonds is 7. The molecule has 0 radical (unpaired) electrons. The number of carbonyl (C=O) groups excluding carboxylic acids is 1. The van der Waals surface area contributed by atoms with Crippen molar-refractivity contribution < 1.29 is 14.7 Å². The number of aliphatic carboxylic acids is 1. The average Bonchev–Trinajstić information content (AvgIpc) is 3.69. The minimum absolute atomic E-state index is 0.403. The van der Waals surface area contributed by atoms with Crippen molar-refractivity contribution in [3.05, 3.63) is 125 Å². The van der Waals surface area contributed by atoms with Crippen molar-refractivity contribution in [1.29, 1.82) is 5.26 Å². The number of carboxylic acid groups (broad SMARTS) is 1. The second-order valence-corrected chi connectivity index (χ2v) is 10.0. The highest BCUT2D eigenvalue weighted by Gasteiger charge is 2.15. The fourth-order valence-electron chi connectivity index (χ4n) is 4.53. The van der Waals surface area contributed by atoms with E-state index >= 15 is 0 Å². The Morgan fingerprint density at radius 1 is 0.805 bits per heavy atom. The molecule has 41 heavy (non-hydrogen) atoms. The summed E-state index contributed by atoms with van der Waals surface area (Å²) in [5.41, 5.74) is 6.49. The van der Waals surface area contributed by atoms with Gasteiger partial charge in [-0.3, -0.25) is 19.6 Å². The van der Waals surface area contributed by atoms with Gasteiger partial charge >= 0.3 is 5.97 Å². The molecule has 0 saturated carbocycles. The minimum atomic E-state index is -1.07. The largest absolute Gasteiger partial charge is 0.480 e. The maximum atomic E-state index is 11.1. The monoisotopic (exact) mass is 556 g/mol. The van der Waals surface area contributed by atoms with E-state index in [4.69, 9.17) is 15.4 Å². The van der Waals surface area contributed by atoms with Gasteiger partial charge in [-0.1, -0.05) is 60.7 Å². The van der Waals surface area contributed by atoms with Crippen LogP contribution in [-0.4, -0.2) is 24.0 Å². The van der Waals surface area contributed by atoms with E-state index in [0.29, 0.717) is 11.5 Å². The Bertz CT molecular complexity index is 1810. The molecule has 8 heteroatoms. The van der Waals surface area contributed by atoms with Gasteiger partial charge in [-0.05, 0) is 54.1 Å². The van der Waals surface area contributed by atoms with Crippen molar-refractivity contribution >= 4 is 40.7 Å². The zero-order valence-corrected chi connectivity index (χ0v) is 22.7. The van der Waals surface area contributed by atoms with E-state index in [9.17, 15) is 9.59 Å². The van der Waals surface area contributed by atoms with Crippen LogP contribution in [0.2, 0.25) is 0 Å². The predicted molar refractivity (Wildman–Crippen MR) is 160 cm³/mol. The predicted octanol–water partition coefficient (Wildman–Crippen LogP) is 6.56. The number of carboxylic acids is 1. The third kappa shape index (κ3) is 6.11. The number of nitrogens with zero attached hydrogens (tertiary/aromatic N) is 4. The second kappa shape index (κ2) is 12.6. The highest BCUT2D eigenvalue weighted by Crippen LogP contribution is 2.35. The van der Waals surface area contributed by atoms with Crippen LogP contribution in [0.5, 0.6) is 0 Å². The van der Waals surface area contributed by atoms with E-state index < -0.39 is 12.4 Å². The van der Waals surface area contributed by atoms with E-state index in [2.05, 4.69) is 94.8 Å². The average molecular weight is 557 g/mol. The molecule has 0 saturated heterocycles. The third-order valence-electron chi connectivity index (χ3n) is 6.31. The van der Waals surface area contributed by atoms with E-state index in [-0.39, 0.29) is 0 Å². The maximum absolute atomic E-state index is 11.1. The molecule has 6 rings (SSSR count). The van der Waals surface area contributed by atoms with Gasteiger partial charge in [0.2, 0.25) is 0 Å². The summed E-state index contributed by atoms with van der Waals surface area (Å²) in [4.78, 5) is 33.9. The first kappa shape index (κ1) is 27.2. The van der Waals surface area contributed by atoms with Gasteiger partial charge in [0, 0.05) is 33.1 Å². The summed E-state index contributed by atoms with van der Waals surface area (Å²) in [5, 5.41) is 17.1. The first-order chi connectivity index (χ1) is 20.1. The lowest BCUT2D eigenvalue weighted by atomic mass is 10.0. The van der Waals surface area contributed by atoms with Gasteiger partial charge in [0.05, 0.1) is 21.7 Å². The number of para-hydroxylation sites is 2. The summed E-state index contributed by atoms with van der Waals surface area (Å²) in [6.07, 6.45) is 0.486. The molecule has 0 spiro atoms. The number of hydrogen-bond acceptors (Lipinski definition) is 7. The van der Waals surface area contributed by atoms with Crippen molar-refractivity contribution in [2.24, 2.45) is 9.98 Å². The molecule has 0 unspecified atom stereocenters. The van der Waals surface area contributed by atoms with Gasteiger partial charge in [-0.25, -0.2) is 0 Å². The lowest BCUT2D eigenvalue weighted by Crippen LogP contribution is -2.26. The van der Waals surface area contributed by atoms with Crippen molar-refractivity contribution in [3.8, 4) is 27.6 Å². The zero-order chi connectivity index (χ0) is 28.6. The quantitative estimate of drug-likeness (QED) is 0.229. The van der Waals surface area contributed by atoms with Crippen molar-refractivity contribution in [1.82, 2.24) is 0 Å². The fraction of sp³-hybridized carbons (Fsp3) is 0.0606. The van der Waals surface area contributed by atoms with Crippen LogP contribution in [0.3, 0.4) is 0 Å². The highest BCUT2D eigenvalue weighted by molar-refractivity contribution is 7.17. The molecule has 0 bridgehead atoms. The zero-order valence-electron chi connectivity index (χ0n) is 21.8. The summed E-state index contributed by atoms with van der Waals surface area (Å²) >= 11 is 1.48. The molecule has 0 aliphatic carbocycles.